The summed E-state index contributed by atoms with van der Waals surface area (Å²) < 4.78 is 11.7. The van der Waals surface area contributed by atoms with Crippen molar-refractivity contribution in [1.82, 2.24) is 0 Å². The summed E-state index contributed by atoms with van der Waals surface area (Å²) in [5, 5.41) is 14.4. The van der Waals surface area contributed by atoms with Gasteiger partial charge in [-0.3, -0.25) is 14.9 Å². The van der Waals surface area contributed by atoms with E-state index in [0.717, 1.165) is 0 Å². The smallest absolute Gasteiger partial charge is 0.291 e. The fraction of sp³-hybridized carbons (Fsp3) is 0.0556. The van der Waals surface area contributed by atoms with Crippen molar-refractivity contribution < 1.29 is 18.9 Å². The molecule has 0 saturated heterocycles. The molecule has 12 heteroatoms. The lowest BCUT2D eigenvalue weighted by Gasteiger charge is -2.09. The van der Waals surface area contributed by atoms with Crippen molar-refractivity contribution in [2.75, 3.05) is 5.32 Å². The Kier molecular flexibility index (Phi) is 7.30. The number of halogens is 5. The standard InChI is InChI=1S/C18H9Br2Cl3N2O5/c19-11-5-9(25(27)28)6-12(20)16(11)24-18(26)15-2-1-10(30-15)7-29-17-13(22)3-8(21)4-14(17)23/h1-6H,7H2,(H,24,26). The van der Waals surface area contributed by atoms with Crippen molar-refractivity contribution in [3.05, 3.63) is 82.0 Å². The summed E-state index contributed by atoms with van der Waals surface area (Å²) in [5.74, 6) is 0.0473. The molecule has 0 aliphatic rings. The van der Waals surface area contributed by atoms with Crippen LogP contribution in [0.15, 0.2) is 49.8 Å². The van der Waals surface area contributed by atoms with Gasteiger partial charge in [-0.2, -0.15) is 0 Å². The van der Waals surface area contributed by atoms with Gasteiger partial charge in [0.1, 0.15) is 12.4 Å². The molecule has 1 amide bonds. The number of carbonyl (C=O) groups excluding carboxylic acids is 1. The van der Waals surface area contributed by atoms with Crippen molar-refractivity contribution in [2.45, 2.75) is 6.61 Å². The molecule has 1 aromatic heterocycles. The van der Waals surface area contributed by atoms with Gasteiger partial charge >= 0.3 is 0 Å². The fourth-order valence-electron chi connectivity index (χ4n) is 2.35. The molecule has 0 bridgehead atoms. The van der Waals surface area contributed by atoms with Gasteiger partial charge in [0.15, 0.2) is 11.5 Å². The summed E-state index contributed by atoms with van der Waals surface area (Å²) in [6.45, 7) is -0.0285. The van der Waals surface area contributed by atoms with Crippen molar-refractivity contribution in [2.24, 2.45) is 0 Å². The summed E-state index contributed by atoms with van der Waals surface area (Å²) in [6, 6.07) is 8.57. The molecule has 7 nitrogen and oxygen atoms in total. The first-order valence-corrected chi connectivity index (χ1v) is 10.7. The average Bonchev–Trinajstić information content (AvgIpc) is 3.12. The topological polar surface area (TPSA) is 94.6 Å². The number of nitro groups is 1. The summed E-state index contributed by atoms with van der Waals surface area (Å²) in [5.41, 5.74) is 0.184. The van der Waals surface area contributed by atoms with Gasteiger partial charge in [-0.15, -0.1) is 0 Å². The number of benzene rings is 2. The van der Waals surface area contributed by atoms with E-state index in [1.54, 1.807) is 6.07 Å². The quantitative estimate of drug-likeness (QED) is 0.234. The molecule has 0 spiro atoms. The van der Waals surface area contributed by atoms with Crippen LogP contribution in [0.1, 0.15) is 16.3 Å². The molecule has 0 radical (unpaired) electrons. The highest BCUT2D eigenvalue weighted by atomic mass is 79.9. The Balaban J connectivity index is 1.71. The molecule has 0 aliphatic carbocycles. The fourth-order valence-corrected chi connectivity index (χ4v) is 4.63. The van der Waals surface area contributed by atoms with Crippen LogP contribution >= 0.6 is 66.7 Å². The summed E-state index contributed by atoms with van der Waals surface area (Å²) in [6.07, 6.45) is 0. The third kappa shape index (κ3) is 5.28. The Morgan fingerprint density at radius 3 is 2.27 bits per heavy atom. The number of anilines is 1. The molecule has 0 unspecified atom stereocenters. The molecular formula is C18H9Br2Cl3N2O5. The number of carbonyl (C=O) groups is 1. The number of nitro benzene ring substituents is 1. The number of amides is 1. The van der Waals surface area contributed by atoms with Crippen LogP contribution in [0.4, 0.5) is 11.4 Å². The number of rotatable bonds is 6. The lowest BCUT2D eigenvalue weighted by atomic mass is 10.2. The van der Waals surface area contributed by atoms with Gasteiger partial charge in [0.05, 0.1) is 20.7 Å². The first-order chi connectivity index (χ1) is 14.2. The van der Waals surface area contributed by atoms with Gasteiger partial charge in [0.2, 0.25) is 0 Å². The van der Waals surface area contributed by atoms with Crippen LogP contribution in [0.3, 0.4) is 0 Å². The van der Waals surface area contributed by atoms with E-state index < -0.39 is 10.8 Å². The first-order valence-electron chi connectivity index (χ1n) is 7.96. The zero-order valence-electron chi connectivity index (χ0n) is 14.5. The number of nitrogens with zero attached hydrogens (tertiary/aromatic N) is 1. The van der Waals surface area contributed by atoms with Gasteiger partial charge in [-0.1, -0.05) is 34.8 Å². The van der Waals surface area contributed by atoms with Crippen LogP contribution in [0, 0.1) is 10.1 Å². The third-order valence-electron chi connectivity index (χ3n) is 3.68. The minimum Gasteiger partial charge on any atom is -0.483 e. The molecule has 0 aliphatic heterocycles. The van der Waals surface area contributed by atoms with E-state index in [4.69, 9.17) is 44.0 Å². The van der Waals surface area contributed by atoms with Crippen LogP contribution < -0.4 is 10.1 Å². The lowest BCUT2D eigenvalue weighted by Crippen LogP contribution is -2.12. The molecule has 156 valence electrons. The Hall–Kier alpha value is -1.78. The second-order valence-corrected chi connectivity index (χ2v) is 8.71. The predicted octanol–water partition coefficient (Wildman–Crippen LogP) is 7.50. The van der Waals surface area contributed by atoms with Crippen LogP contribution in [0.25, 0.3) is 0 Å². The molecule has 2 aromatic carbocycles. The second kappa shape index (κ2) is 9.57. The van der Waals surface area contributed by atoms with E-state index in [1.807, 2.05) is 0 Å². The van der Waals surface area contributed by atoms with Gasteiger partial charge in [-0.05, 0) is 56.1 Å². The first kappa shape index (κ1) is 22.9. The summed E-state index contributed by atoms with van der Waals surface area (Å²) >= 11 is 24.4. The highest BCUT2D eigenvalue weighted by Gasteiger charge is 2.19. The molecule has 1 N–H and O–H groups in total. The normalized spacial score (nSPS) is 10.7. The lowest BCUT2D eigenvalue weighted by molar-refractivity contribution is -0.385. The molecule has 3 rings (SSSR count). The number of hydrogen-bond donors (Lipinski definition) is 1. The summed E-state index contributed by atoms with van der Waals surface area (Å²) in [7, 11) is 0. The zero-order valence-corrected chi connectivity index (χ0v) is 20.0. The maximum absolute atomic E-state index is 12.5. The predicted molar refractivity (Wildman–Crippen MR) is 121 cm³/mol. The molecule has 30 heavy (non-hydrogen) atoms. The van der Waals surface area contributed by atoms with E-state index in [0.29, 0.717) is 25.4 Å². The van der Waals surface area contributed by atoms with E-state index in [-0.39, 0.29) is 33.8 Å². The molecule has 0 fully saturated rings. The Labute approximate surface area is 201 Å². The van der Waals surface area contributed by atoms with E-state index in [9.17, 15) is 14.9 Å². The Morgan fingerprint density at radius 1 is 1.10 bits per heavy atom. The number of non-ortho nitro benzene ring substituents is 1. The van der Waals surface area contributed by atoms with Gasteiger partial charge in [0, 0.05) is 26.1 Å². The highest BCUT2D eigenvalue weighted by molar-refractivity contribution is 9.11. The van der Waals surface area contributed by atoms with Crippen molar-refractivity contribution >= 4 is 83.9 Å². The van der Waals surface area contributed by atoms with Crippen LogP contribution in [0.2, 0.25) is 15.1 Å². The molecule has 1 heterocycles. The van der Waals surface area contributed by atoms with Crippen LogP contribution in [-0.2, 0) is 6.61 Å². The zero-order chi connectivity index (χ0) is 22.0. The van der Waals surface area contributed by atoms with Crippen LogP contribution in [0.5, 0.6) is 5.75 Å². The van der Waals surface area contributed by atoms with Gasteiger partial charge in [0.25, 0.3) is 11.6 Å². The van der Waals surface area contributed by atoms with Gasteiger partial charge < -0.3 is 14.5 Å². The largest absolute Gasteiger partial charge is 0.483 e. The molecule has 0 saturated carbocycles. The third-order valence-corrected chi connectivity index (χ3v) is 5.71. The van der Waals surface area contributed by atoms with Crippen molar-refractivity contribution in [3.63, 3.8) is 0 Å². The average molecular weight is 599 g/mol. The Morgan fingerprint density at radius 2 is 1.70 bits per heavy atom. The van der Waals surface area contributed by atoms with Gasteiger partial charge in [-0.25, -0.2) is 0 Å². The second-order valence-electron chi connectivity index (χ2n) is 5.75. The number of ether oxygens (including phenoxy) is 1. The van der Waals surface area contributed by atoms with Crippen molar-refractivity contribution in [3.8, 4) is 5.75 Å². The Bertz CT molecular complexity index is 1110. The number of hydrogen-bond acceptors (Lipinski definition) is 5. The van der Waals surface area contributed by atoms with E-state index in [2.05, 4.69) is 37.2 Å². The maximum atomic E-state index is 12.5. The minimum atomic E-state index is -0.556. The van der Waals surface area contributed by atoms with Crippen LogP contribution in [-0.4, -0.2) is 10.8 Å². The molecule has 3 aromatic rings. The van der Waals surface area contributed by atoms with E-state index >= 15 is 0 Å². The highest BCUT2D eigenvalue weighted by Crippen LogP contribution is 2.37. The number of furan rings is 1. The molecular weight excluding hydrogens is 590 g/mol. The van der Waals surface area contributed by atoms with Crippen molar-refractivity contribution in [1.29, 1.82) is 0 Å². The SMILES string of the molecule is O=C(Nc1c(Br)cc([N+](=O)[O-])cc1Br)c1ccc(COc2c(Cl)cc(Cl)cc2Cl)o1. The number of nitrogens with one attached hydrogen (secondary N) is 1. The monoisotopic (exact) mass is 596 g/mol. The molecule has 0 atom stereocenters. The minimum absolute atomic E-state index is 0.0130. The summed E-state index contributed by atoms with van der Waals surface area (Å²) in [4.78, 5) is 22.9. The maximum Gasteiger partial charge on any atom is 0.291 e. The van der Waals surface area contributed by atoms with E-state index in [1.165, 1.54) is 30.3 Å².